The van der Waals surface area contributed by atoms with Crippen LogP contribution in [0.25, 0.3) is 10.9 Å². The molecule has 0 atom stereocenters. The summed E-state index contributed by atoms with van der Waals surface area (Å²) < 4.78 is 5.17. The van der Waals surface area contributed by atoms with Crippen molar-refractivity contribution in [1.82, 2.24) is 4.98 Å². The number of pyridine rings is 1. The molecule has 2 aromatic carbocycles. The molecule has 0 saturated carbocycles. The zero-order valence-corrected chi connectivity index (χ0v) is 15.8. The zero-order chi connectivity index (χ0) is 19.5. The molecule has 0 N–H and O–H groups in total. The van der Waals surface area contributed by atoms with Crippen LogP contribution in [0, 0.1) is 17.2 Å². The van der Waals surface area contributed by atoms with Gasteiger partial charge in [0, 0.05) is 35.6 Å². The molecular formula is C23H21N3O2. The van der Waals surface area contributed by atoms with Gasteiger partial charge in [0.2, 0.25) is 0 Å². The van der Waals surface area contributed by atoms with E-state index in [1.54, 1.807) is 7.11 Å². The SMILES string of the molecule is COc1ccc(C(=O)C2CCN(c3cc(C#N)nc4ccccc34)CC2)cc1. The first-order chi connectivity index (χ1) is 13.7. The number of hydrogen-bond acceptors (Lipinski definition) is 5. The molecule has 0 radical (unpaired) electrons. The summed E-state index contributed by atoms with van der Waals surface area (Å²) in [6, 6.07) is 19.2. The number of rotatable bonds is 4. The fourth-order valence-electron chi connectivity index (χ4n) is 3.85. The van der Waals surface area contributed by atoms with Gasteiger partial charge in [0.15, 0.2) is 5.78 Å². The van der Waals surface area contributed by atoms with Crippen LogP contribution < -0.4 is 9.64 Å². The van der Waals surface area contributed by atoms with E-state index in [9.17, 15) is 10.1 Å². The summed E-state index contributed by atoms with van der Waals surface area (Å²) >= 11 is 0. The van der Waals surface area contributed by atoms with E-state index in [1.807, 2.05) is 54.6 Å². The Morgan fingerprint density at radius 2 is 1.86 bits per heavy atom. The number of carbonyl (C=O) groups excluding carboxylic acids is 1. The van der Waals surface area contributed by atoms with Gasteiger partial charge in [-0.2, -0.15) is 5.26 Å². The van der Waals surface area contributed by atoms with Crippen molar-refractivity contribution in [3.63, 3.8) is 0 Å². The third kappa shape index (κ3) is 3.41. The number of carbonyl (C=O) groups is 1. The highest BCUT2D eigenvalue weighted by atomic mass is 16.5. The molecule has 1 saturated heterocycles. The molecule has 0 amide bonds. The molecular weight excluding hydrogens is 350 g/mol. The summed E-state index contributed by atoms with van der Waals surface area (Å²) in [5, 5.41) is 10.4. The summed E-state index contributed by atoms with van der Waals surface area (Å²) in [4.78, 5) is 19.5. The highest BCUT2D eigenvalue weighted by molar-refractivity contribution is 5.98. The van der Waals surface area contributed by atoms with Gasteiger partial charge < -0.3 is 9.64 Å². The highest BCUT2D eigenvalue weighted by Gasteiger charge is 2.27. The van der Waals surface area contributed by atoms with Crippen LogP contribution in [0.5, 0.6) is 5.75 Å². The average molecular weight is 371 g/mol. The number of ketones is 1. The van der Waals surface area contributed by atoms with E-state index in [2.05, 4.69) is 16.0 Å². The van der Waals surface area contributed by atoms with Crippen molar-refractivity contribution in [2.75, 3.05) is 25.1 Å². The van der Waals surface area contributed by atoms with Crippen LogP contribution in [0.2, 0.25) is 0 Å². The predicted molar refractivity (Wildman–Crippen MR) is 109 cm³/mol. The standard InChI is InChI=1S/C23H21N3O2/c1-28-19-8-6-16(7-9-19)23(27)17-10-12-26(13-11-17)22-14-18(15-24)25-21-5-3-2-4-20(21)22/h2-9,14,17H,10-13H2,1H3. The summed E-state index contributed by atoms with van der Waals surface area (Å²) in [6.45, 7) is 1.57. The van der Waals surface area contributed by atoms with Gasteiger partial charge in [0.05, 0.1) is 12.6 Å². The zero-order valence-electron chi connectivity index (χ0n) is 15.8. The number of ether oxygens (including phenoxy) is 1. The van der Waals surface area contributed by atoms with Gasteiger partial charge in [-0.25, -0.2) is 4.98 Å². The Bertz CT molecular complexity index is 1050. The molecule has 0 aliphatic carbocycles. The number of para-hydroxylation sites is 1. The van der Waals surface area contributed by atoms with Crippen LogP contribution in [-0.4, -0.2) is 31.0 Å². The molecule has 1 fully saturated rings. The summed E-state index contributed by atoms with van der Waals surface area (Å²) in [7, 11) is 1.62. The lowest BCUT2D eigenvalue weighted by Crippen LogP contribution is -2.36. The fraction of sp³-hybridized carbons (Fsp3) is 0.261. The van der Waals surface area contributed by atoms with Gasteiger partial charge in [0.1, 0.15) is 17.5 Å². The second-order valence-electron chi connectivity index (χ2n) is 7.01. The predicted octanol–water partition coefficient (Wildman–Crippen LogP) is 4.21. The van der Waals surface area contributed by atoms with Crippen LogP contribution in [-0.2, 0) is 0 Å². The molecule has 28 heavy (non-hydrogen) atoms. The number of aromatic nitrogens is 1. The van der Waals surface area contributed by atoms with E-state index in [4.69, 9.17) is 4.74 Å². The number of nitriles is 1. The molecule has 3 aromatic rings. The Morgan fingerprint density at radius 3 is 2.54 bits per heavy atom. The molecule has 4 rings (SSSR count). The van der Waals surface area contributed by atoms with Crippen LogP contribution in [0.3, 0.4) is 0 Å². The van der Waals surface area contributed by atoms with Crippen LogP contribution in [0.15, 0.2) is 54.6 Å². The Labute approximate surface area is 164 Å². The smallest absolute Gasteiger partial charge is 0.166 e. The highest BCUT2D eigenvalue weighted by Crippen LogP contribution is 2.31. The molecule has 0 bridgehead atoms. The normalized spacial score (nSPS) is 14.6. The van der Waals surface area contributed by atoms with E-state index < -0.39 is 0 Å². The lowest BCUT2D eigenvalue weighted by Gasteiger charge is -2.33. The van der Waals surface area contributed by atoms with Crippen LogP contribution >= 0.6 is 0 Å². The Kier molecular flexibility index (Phi) is 4.94. The van der Waals surface area contributed by atoms with Crippen molar-refractivity contribution in [2.24, 2.45) is 5.92 Å². The molecule has 0 spiro atoms. The maximum absolute atomic E-state index is 12.8. The summed E-state index contributed by atoms with van der Waals surface area (Å²) in [5.74, 6) is 0.969. The lowest BCUT2D eigenvalue weighted by atomic mass is 9.88. The first kappa shape index (κ1) is 18.0. The van der Waals surface area contributed by atoms with E-state index >= 15 is 0 Å². The third-order valence-corrected chi connectivity index (χ3v) is 5.39. The topological polar surface area (TPSA) is 66.2 Å². The number of Topliss-reactive ketones (excluding diaryl/α,β-unsaturated/α-hetero) is 1. The van der Waals surface area contributed by atoms with Gasteiger partial charge in [0.25, 0.3) is 0 Å². The molecule has 5 heteroatoms. The Morgan fingerprint density at radius 1 is 1.14 bits per heavy atom. The van der Waals surface area contributed by atoms with Crippen molar-refractivity contribution in [3.8, 4) is 11.8 Å². The summed E-state index contributed by atoms with van der Waals surface area (Å²) in [6.07, 6.45) is 1.59. The molecule has 1 aliphatic rings. The number of benzene rings is 2. The maximum atomic E-state index is 12.8. The third-order valence-electron chi connectivity index (χ3n) is 5.39. The van der Waals surface area contributed by atoms with E-state index in [-0.39, 0.29) is 11.7 Å². The Balaban J connectivity index is 1.52. The second kappa shape index (κ2) is 7.69. The number of hydrogen-bond donors (Lipinski definition) is 0. The van der Waals surface area contributed by atoms with Gasteiger partial charge in [-0.3, -0.25) is 4.79 Å². The fourth-order valence-corrected chi connectivity index (χ4v) is 3.85. The monoisotopic (exact) mass is 371 g/mol. The average Bonchev–Trinajstić information content (AvgIpc) is 2.78. The second-order valence-corrected chi connectivity index (χ2v) is 7.01. The van der Waals surface area contributed by atoms with Crippen molar-refractivity contribution < 1.29 is 9.53 Å². The maximum Gasteiger partial charge on any atom is 0.166 e. The minimum absolute atomic E-state index is 0.0215. The first-order valence-electron chi connectivity index (χ1n) is 9.42. The minimum atomic E-state index is 0.0215. The van der Waals surface area contributed by atoms with Crippen molar-refractivity contribution in [1.29, 1.82) is 5.26 Å². The molecule has 0 unspecified atom stereocenters. The molecule has 5 nitrogen and oxygen atoms in total. The first-order valence-corrected chi connectivity index (χ1v) is 9.42. The lowest BCUT2D eigenvalue weighted by molar-refractivity contribution is 0.0900. The molecule has 140 valence electrons. The number of fused-ring (bicyclic) bond motifs is 1. The number of nitrogens with zero attached hydrogens (tertiary/aromatic N) is 3. The van der Waals surface area contributed by atoms with E-state index in [0.717, 1.165) is 53.8 Å². The quantitative estimate of drug-likeness (QED) is 0.643. The van der Waals surface area contributed by atoms with Crippen LogP contribution in [0.1, 0.15) is 28.9 Å². The molecule has 2 heterocycles. The van der Waals surface area contributed by atoms with Crippen LogP contribution in [0.4, 0.5) is 5.69 Å². The largest absolute Gasteiger partial charge is 0.497 e. The van der Waals surface area contributed by atoms with Gasteiger partial charge in [-0.1, -0.05) is 18.2 Å². The van der Waals surface area contributed by atoms with E-state index in [0.29, 0.717) is 5.69 Å². The molecule has 1 aliphatic heterocycles. The summed E-state index contributed by atoms with van der Waals surface area (Å²) in [5.41, 5.74) is 3.01. The number of methoxy groups -OCH3 is 1. The van der Waals surface area contributed by atoms with Gasteiger partial charge in [-0.05, 0) is 49.2 Å². The van der Waals surface area contributed by atoms with Crippen molar-refractivity contribution in [2.45, 2.75) is 12.8 Å². The van der Waals surface area contributed by atoms with Gasteiger partial charge in [-0.15, -0.1) is 0 Å². The Hall–Kier alpha value is -3.39. The minimum Gasteiger partial charge on any atom is -0.497 e. The van der Waals surface area contributed by atoms with Crippen molar-refractivity contribution in [3.05, 3.63) is 65.9 Å². The van der Waals surface area contributed by atoms with E-state index in [1.165, 1.54) is 0 Å². The molecule has 1 aromatic heterocycles. The van der Waals surface area contributed by atoms with Gasteiger partial charge >= 0.3 is 0 Å². The van der Waals surface area contributed by atoms with Crippen molar-refractivity contribution >= 4 is 22.4 Å². The number of piperidine rings is 1. The number of anilines is 1.